The topological polar surface area (TPSA) is 38.5 Å². The summed E-state index contributed by atoms with van der Waals surface area (Å²) in [7, 11) is 1.71. The molecule has 0 spiro atoms. The van der Waals surface area contributed by atoms with Crippen LogP contribution in [-0.4, -0.2) is 19.7 Å². The molecular formula is C17H28N2O. The van der Waals surface area contributed by atoms with Crippen LogP contribution in [0.1, 0.15) is 46.0 Å². The van der Waals surface area contributed by atoms with E-state index in [0.717, 1.165) is 23.7 Å². The summed E-state index contributed by atoms with van der Waals surface area (Å²) in [5.74, 6) is 1.60. The number of benzene rings is 1. The molecule has 3 heteroatoms. The molecule has 0 heterocycles. The number of anilines is 2. The molecule has 0 atom stereocenters. The minimum absolute atomic E-state index is 0.642. The zero-order chi connectivity index (χ0) is 14.5. The fourth-order valence-corrected chi connectivity index (χ4v) is 3.01. The maximum absolute atomic E-state index is 6.22. The molecule has 112 valence electrons. The average molecular weight is 276 g/mol. The molecule has 0 radical (unpaired) electrons. The highest BCUT2D eigenvalue weighted by Gasteiger charge is 2.24. The van der Waals surface area contributed by atoms with Crippen LogP contribution in [0.3, 0.4) is 0 Å². The summed E-state index contributed by atoms with van der Waals surface area (Å²) >= 11 is 0. The van der Waals surface area contributed by atoms with Crippen LogP contribution >= 0.6 is 0 Å². The van der Waals surface area contributed by atoms with Crippen LogP contribution in [0.2, 0.25) is 0 Å². The van der Waals surface area contributed by atoms with Crippen molar-refractivity contribution in [3.8, 4) is 5.75 Å². The predicted octanol–water partition coefficient (Wildman–Crippen LogP) is 4.07. The molecule has 2 rings (SSSR count). The van der Waals surface area contributed by atoms with Crippen LogP contribution in [-0.2, 0) is 0 Å². The molecule has 1 aliphatic carbocycles. The molecule has 0 amide bonds. The van der Waals surface area contributed by atoms with E-state index in [0.29, 0.717) is 12.0 Å². The van der Waals surface area contributed by atoms with Crippen LogP contribution in [0.15, 0.2) is 18.2 Å². The Balaban J connectivity index is 2.24. The van der Waals surface area contributed by atoms with Crippen molar-refractivity contribution < 1.29 is 4.74 Å². The Morgan fingerprint density at radius 3 is 2.60 bits per heavy atom. The molecule has 0 saturated heterocycles. The number of methoxy groups -OCH3 is 1. The lowest BCUT2D eigenvalue weighted by atomic mass is 10.1. The highest BCUT2D eigenvalue weighted by atomic mass is 16.5. The summed E-state index contributed by atoms with van der Waals surface area (Å²) in [5.41, 5.74) is 8.23. The summed E-state index contributed by atoms with van der Waals surface area (Å²) in [6, 6.07) is 6.64. The normalized spacial score (nSPS) is 15.8. The first-order chi connectivity index (χ1) is 9.61. The smallest absolute Gasteiger partial charge is 0.121 e. The van der Waals surface area contributed by atoms with E-state index in [2.05, 4.69) is 24.8 Å². The number of ether oxygens (including phenoxy) is 1. The lowest BCUT2D eigenvalue weighted by Crippen LogP contribution is -2.35. The molecule has 0 aliphatic heterocycles. The maximum Gasteiger partial charge on any atom is 0.121 e. The molecule has 1 aromatic rings. The minimum atomic E-state index is 0.642. The van der Waals surface area contributed by atoms with Gasteiger partial charge in [-0.3, -0.25) is 0 Å². The second-order valence-corrected chi connectivity index (χ2v) is 6.24. The van der Waals surface area contributed by atoms with Gasteiger partial charge < -0.3 is 15.4 Å². The van der Waals surface area contributed by atoms with Gasteiger partial charge in [-0.05, 0) is 37.3 Å². The number of rotatable bonds is 6. The number of nitrogen functional groups attached to an aromatic ring is 1. The molecule has 1 fully saturated rings. The van der Waals surface area contributed by atoms with Gasteiger partial charge in [0.15, 0.2) is 0 Å². The fraction of sp³-hybridized carbons (Fsp3) is 0.647. The van der Waals surface area contributed by atoms with Gasteiger partial charge in [-0.25, -0.2) is 0 Å². The van der Waals surface area contributed by atoms with Gasteiger partial charge in [-0.2, -0.15) is 0 Å². The third kappa shape index (κ3) is 3.59. The van der Waals surface area contributed by atoms with Crippen molar-refractivity contribution in [3.05, 3.63) is 18.2 Å². The number of hydrogen-bond donors (Lipinski definition) is 1. The van der Waals surface area contributed by atoms with Crippen molar-refractivity contribution in [3.63, 3.8) is 0 Å². The third-order valence-corrected chi connectivity index (χ3v) is 4.26. The summed E-state index contributed by atoms with van der Waals surface area (Å²) in [5, 5.41) is 0. The predicted molar refractivity (Wildman–Crippen MR) is 86.5 cm³/mol. The Bertz CT molecular complexity index is 425. The Labute approximate surface area is 123 Å². The lowest BCUT2D eigenvalue weighted by Gasteiger charge is -2.33. The molecule has 0 unspecified atom stereocenters. The van der Waals surface area contributed by atoms with E-state index < -0.39 is 0 Å². The monoisotopic (exact) mass is 276 g/mol. The van der Waals surface area contributed by atoms with E-state index in [1.165, 1.54) is 32.1 Å². The van der Waals surface area contributed by atoms with E-state index in [-0.39, 0.29) is 0 Å². The van der Waals surface area contributed by atoms with E-state index in [1.54, 1.807) is 7.11 Å². The molecule has 3 nitrogen and oxygen atoms in total. The van der Waals surface area contributed by atoms with Gasteiger partial charge in [0.1, 0.15) is 5.75 Å². The van der Waals surface area contributed by atoms with Crippen LogP contribution < -0.4 is 15.4 Å². The van der Waals surface area contributed by atoms with E-state index in [4.69, 9.17) is 10.5 Å². The fourth-order valence-electron chi connectivity index (χ4n) is 3.01. The highest BCUT2D eigenvalue weighted by molar-refractivity contribution is 5.70. The first-order valence-corrected chi connectivity index (χ1v) is 7.82. The first kappa shape index (κ1) is 15.0. The van der Waals surface area contributed by atoms with Gasteiger partial charge in [-0.15, -0.1) is 0 Å². The first-order valence-electron chi connectivity index (χ1n) is 7.82. The largest absolute Gasteiger partial charge is 0.497 e. The Morgan fingerprint density at radius 2 is 2.00 bits per heavy atom. The quantitative estimate of drug-likeness (QED) is 0.796. The van der Waals surface area contributed by atoms with Gasteiger partial charge in [-0.1, -0.05) is 26.7 Å². The maximum atomic E-state index is 6.22. The molecule has 2 N–H and O–H groups in total. The zero-order valence-corrected chi connectivity index (χ0v) is 13.1. The molecular weight excluding hydrogens is 248 g/mol. The number of nitrogens with two attached hydrogens (primary N) is 1. The SMILES string of the molecule is COc1ccc(N)c(N(CCC(C)C)C2CCCC2)c1. The molecule has 1 aliphatic rings. The van der Waals surface area contributed by atoms with Crippen molar-refractivity contribution in [1.29, 1.82) is 0 Å². The Hall–Kier alpha value is -1.38. The molecule has 20 heavy (non-hydrogen) atoms. The van der Waals surface area contributed by atoms with Crippen molar-refractivity contribution >= 4 is 11.4 Å². The summed E-state index contributed by atoms with van der Waals surface area (Å²) in [6.45, 7) is 5.64. The van der Waals surface area contributed by atoms with Crippen molar-refractivity contribution in [2.45, 2.75) is 52.0 Å². The minimum Gasteiger partial charge on any atom is -0.497 e. The van der Waals surface area contributed by atoms with Gasteiger partial charge in [0.2, 0.25) is 0 Å². The second-order valence-electron chi connectivity index (χ2n) is 6.24. The van der Waals surface area contributed by atoms with Gasteiger partial charge in [0, 0.05) is 18.7 Å². The Kier molecular flexibility index (Phi) is 5.16. The van der Waals surface area contributed by atoms with Crippen molar-refractivity contribution in [2.24, 2.45) is 5.92 Å². The number of hydrogen-bond acceptors (Lipinski definition) is 3. The summed E-state index contributed by atoms with van der Waals surface area (Å²) in [4.78, 5) is 2.52. The van der Waals surface area contributed by atoms with Crippen LogP contribution in [0.5, 0.6) is 5.75 Å². The van der Waals surface area contributed by atoms with E-state index >= 15 is 0 Å². The van der Waals surface area contributed by atoms with E-state index in [9.17, 15) is 0 Å². The Morgan fingerprint density at radius 1 is 1.30 bits per heavy atom. The van der Waals surface area contributed by atoms with Crippen LogP contribution in [0.25, 0.3) is 0 Å². The number of nitrogens with zero attached hydrogens (tertiary/aromatic N) is 1. The summed E-state index contributed by atoms with van der Waals surface area (Å²) in [6.07, 6.45) is 6.45. The van der Waals surface area contributed by atoms with Crippen molar-refractivity contribution in [2.75, 3.05) is 24.3 Å². The van der Waals surface area contributed by atoms with Crippen molar-refractivity contribution in [1.82, 2.24) is 0 Å². The zero-order valence-electron chi connectivity index (χ0n) is 13.1. The third-order valence-electron chi connectivity index (χ3n) is 4.26. The van der Waals surface area contributed by atoms with Crippen LogP contribution in [0.4, 0.5) is 11.4 Å². The summed E-state index contributed by atoms with van der Waals surface area (Å²) < 4.78 is 5.37. The van der Waals surface area contributed by atoms with Gasteiger partial charge in [0.05, 0.1) is 18.5 Å². The van der Waals surface area contributed by atoms with Crippen LogP contribution in [0, 0.1) is 5.92 Å². The highest BCUT2D eigenvalue weighted by Crippen LogP contribution is 2.34. The molecule has 1 saturated carbocycles. The molecule has 0 aromatic heterocycles. The van der Waals surface area contributed by atoms with Gasteiger partial charge in [0.25, 0.3) is 0 Å². The lowest BCUT2D eigenvalue weighted by molar-refractivity contribution is 0.414. The molecule has 1 aromatic carbocycles. The standard InChI is InChI=1S/C17H28N2O/c1-13(2)10-11-19(14-6-4-5-7-14)17-12-15(20-3)8-9-16(17)18/h8-9,12-14H,4-7,10-11,18H2,1-3H3. The second kappa shape index (κ2) is 6.87. The van der Waals surface area contributed by atoms with Gasteiger partial charge >= 0.3 is 0 Å². The van der Waals surface area contributed by atoms with E-state index in [1.807, 2.05) is 12.1 Å². The average Bonchev–Trinajstić information content (AvgIpc) is 2.94. The molecule has 0 bridgehead atoms.